The van der Waals surface area contributed by atoms with Gasteiger partial charge in [-0.3, -0.25) is 0 Å². The standard InChI is InChI=1S/C21H18F3OP/c1-16(17-12-14-18(15-13-17)21(22,23)24)26(25,19-8-4-2-5-9-19)20-10-6-3-7-11-20/h2-16H,1H3. The number of rotatable bonds is 4. The van der Waals surface area contributed by atoms with Gasteiger partial charge in [0, 0.05) is 16.3 Å². The van der Waals surface area contributed by atoms with Crippen molar-refractivity contribution in [1.82, 2.24) is 0 Å². The van der Waals surface area contributed by atoms with Crippen LogP contribution in [0.2, 0.25) is 0 Å². The zero-order chi connectivity index (χ0) is 18.8. The van der Waals surface area contributed by atoms with Crippen molar-refractivity contribution in [3.05, 3.63) is 96.1 Å². The topological polar surface area (TPSA) is 17.1 Å². The Morgan fingerprint density at radius 3 is 1.54 bits per heavy atom. The molecule has 1 nitrogen and oxygen atoms in total. The molecule has 0 aliphatic carbocycles. The molecule has 0 aliphatic heterocycles. The average Bonchev–Trinajstić information content (AvgIpc) is 2.67. The maximum atomic E-state index is 14.2. The van der Waals surface area contributed by atoms with E-state index in [0.29, 0.717) is 16.2 Å². The van der Waals surface area contributed by atoms with E-state index in [4.69, 9.17) is 0 Å². The second-order valence-electron chi connectivity index (χ2n) is 6.12. The molecule has 3 aromatic rings. The van der Waals surface area contributed by atoms with Gasteiger partial charge in [-0.05, 0) is 17.7 Å². The zero-order valence-corrected chi connectivity index (χ0v) is 15.0. The Morgan fingerprint density at radius 2 is 1.15 bits per heavy atom. The highest BCUT2D eigenvalue weighted by Gasteiger charge is 2.35. The SMILES string of the molecule is CC(c1ccc(C(F)(F)F)cc1)P(=O)(c1ccccc1)c1ccccc1. The molecule has 0 spiro atoms. The Kier molecular flexibility index (Phi) is 5.06. The summed E-state index contributed by atoms with van der Waals surface area (Å²) in [7, 11) is -3.07. The molecule has 5 heteroatoms. The van der Waals surface area contributed by atoms with Crippen molar-refractivity contribution in [1.29, 1.82) is 0 Å². The van der Waals surface area contributed by atoms with E-state index in [2.05, 4.69) is 0 Å². The van der Waals surface area contributed by atoms with Gasteiger partial charge in [-0.25, -0.2) is 0 Å². The second-order valence-corrected chi connectivity index (χ2v) is 9.25. The quantitative estimate of drug-likeness (QED) is 0.529. The van der Waals surface area contributed by atoms with E-state index in [9.17, 15) is 17.7 Å². The fourth-order valence-electron chi connectivity index (χ4n) is 3.06. The largest absolute Gasteiger partial charge is 0.416 e. The van der Waals surface area contributed by atoms with Crippen molar-refractivity contribution in [2.45, 2.75) is 18.8 Å². The maximum Gasteiger partial charge on any atom is 0.416 e. The van der Waals surface area contributed by atoms with Crippen molar-refractivity contribution in [2.24, 2.45) is 0 Å². The van der Waals surface area contributed by atoms with Gasteiger partial charge in [0.25, 0.3) is 0 Å². The van der Waals surface area contributed by atoms with Gasteiger partial charge in [0.15, 0.2) is 0 Å². The molecule has 0 saturated carbocycles. The van der Waals surface area contributed by atoms with Crippen molar-refractivity contribution in [2.75, 3.05) is 0 Å². The number of halogens is 3. The molecule has 3 aromatic carbocycles. The van der Waals surface area contributed by atoms with Gasteiger partial charge in [0.1, 0.15) is 7.14 Å². The predicted molar refractivity (Wildman–Crippen MR) is 99.6 cm³/mol. The van der Waals surface area contributed by atoms with Crippen LogP contribution in [0.5, 0.6) is 0 Å². The molecule has 0 bridgehead atoms. The van der Waals surface area contributed by atoms with E-state index in [0.717, 1.165) is 12.1 Å². The van der Waals surface area contributed by atoms with Gasteiger partial charge < -0.3 is 4.57 Å². The average molecular weight is 374 g/mol. The molecule has 0 radical (unpaired) electrons. The Morgan fingerprint density at radius 1 is 0.731 bits per heavy atom. The third-order valence-electron chi connectivity index (χ3n) is 4.55. The van der Waals surface area contributed by atoms with E-state index >= 15 is 0 Å². The highest BCUT2D eigenvalue weighted by Crippen LogP contribution is 2.56. The van der Waals surface area contributed by atoms with E-state index in [1.165, 1.54) is 12.1 Å². The van der Waals surface area contributed by atoms with Gasteiger partial charge in [-0.1, -0.05) is 79.7 Å². The summed E-state index contributed by atoms with van der Waals surface area (Å²) >= 11 is 0. The van der Waals surface area contributed by atoms with E-state index in [1.807, 2.05) is 67.6 Å². The first-order valence-corrected chi connectivity index (χ1v) is 9.99. The maximum absolute atomic E-state index is 14.2. The zero-order valence-electron chi connectivity index (χ0n) is 14.1. The molecule has 0 heterocycles. The van der Waals surface area contributed by atoms with Gasteiger partial charge in [-0.2, -0.15) is 13.2 Å². The molecular weight excluding hydrogens is 356 g/mol. The fourth-order valence-corrected chi connectivity index (χ4v) is 6.07. The van der Waals surface area contributed by atoms with Crippen LogP contribution >= 0.6 is 7.14 Å². The first kappa shape index (κ1) is 18.5. The molecule has 0 aromatic heterocycles. The van der Waals surface area contributed by atoms with Gasteiger partial charge in [-0.15, -0.1) is 0 Å². The first-order chi connectivity index (χ1) is 12.3. The van der Waals surface area contributed by atoms with E-state index < -0.39 is 24.5 Å². The fraction of sp³-hybridized carbons (Fsp3) is 0.143. The lowest BCUT2D eigenvalue weighted by molar-refractivity contribution is -0.137. The lowest BCUT2D eigenvalue weighted by atomic mass is 10.1. The smallest absolute Gasteiger partial charge is 0.313 e. The summed E-state index contributed by atoms with van der Waals surface area (Å²) in [6.45, 7) is 1.81. The van der Waals surface area contributed by atoms with Crippen LogP contribution in [0.1, 0.15) is 23.7 Å². The molecule has 26 heavy (non-hydrogen) atoms. The normalized spacial score (nSPS) is 13.4. The predicted octanol–water partition coefficient (Wildman–Crippen LogP) is 5.78. The minimum Gasteiger partial charge on any atom is -0.313 e. The number of hydrogen-bond acceptors (Lipinski definition) is 1. The first-order valence-electron chi connectivity index (χ1n) is 8.21. The van der Waals surface area contributed by atoms with Crippen LogP contribution in [-0.2, 0) is 10.7 Å². The molecule has 134 valence electrons. The lowest BCUT2D eigenvalue weighted by Gasteiger charge is -2.26. The summed E-state index contributed by atoms with van der Waals surface area (Å²) < 4.78 is 52.7. The third-order valence-corrected chi connectivity index (χ3v) is 8.06. The minimum absolute atomic E-state index is 0.449. The summed E-state index contributed by atoms with van der Waals surface area (Å²) in [5.41, 5.74) is -0.536. The van der Waals surface area contributed by atoms with E-state index in [1.54, 1.807) is 0 Å². The van der Waals surface area contributed by atoms with Crippen LogP contribution in [0.4, 0.5) is 13.2 Å². The Labute approximate surface area is 150 Å². The Hall–Kier alpha value is -2.32. The number of benzene rings is 3. The molecule has 0 amide bonds. The summed E-state index contributed by atoms with van der Waals surface area (Å²) in [6, 6.07) is 23.2. The van der Waals surface area contributed by atoms with Crippen molar-refractivity contribution in [3.63, 3.8) is 0 Å². The highest BCUT2D eigenvalue weighted by atomic mass is 31.2. The second kappa shape index (κ2) is 7.13. The number of alkyl halides is 3. The number of hydrogen-bond donors (Lipinski definition) is 0. The monoisotopic (exact) mass is 374 g/mol. The summed E-state index contributed by atoms with van der Waals surface area (Å²) in [4.78, 5) is 0. The van der Waals surface area contributed by atoms with E-state index in [-0.39, 0.29) is 0 Å². The van der Waals surface area contributed by atoms with Gasteiger partial charge in [0.05, 0.1) is 5.56 Å². The van der Waals surface area contributed by atoms with Crippen molar-refractivity contribution in [3.8, 4) is 0 Å². The van der Waals surface area contributed by atoms with Crippen molar-refractivity contribution >= 4 is 17.8 Å². The third kappa shape index (κ3) is 3.47. The van der Waals surface area contributed by atoms with Crippen LogP contribution in [0.3, 0.4) is 0 Å². The molecule has 1 atom stereocenters. The Bertz CT molecular complexity index is 860. The molecule has 0 aliphatic rings. The lowest BCUT2D eigenvalue weighted by Crippen LogP contribution is -2.20. The summed E-state index contributed by atoms with van der Waals surface area (Å²) in [6.07, 6.45) is -4.38. The Balaban J connectivity index is 2.10. The van der Waals surface area contributed by atoms with Crippen LogP contribution in [0.25, 0.3) is 0 Å². The van der Waals surface area contributed by atoms with Gasteiger partial charge >= 0.3 is 6.18 Å². The minimum atomic E-state index is -4.38. The summed E-state index contributed by atoms with van der Waals surface area (Å²) in [5, 5.41) is 1.39. The van der Waals surface area contributed by atoms with Crippen LogP contribution in [0, 0.1) is 0 Å². The van der Waals surface area contributed by atoms with Crippen LogP contribution in [-0.4, -0.2) is 0 Å². The van der Waals surface area contributed by atoms with Crippen LogP contribution < -0.4 is 10.6 Å². The molecule has 3 rings (SSSR count). The molecule has 0 N–H and O–H groups in total. The molecule has 0 saturated heterocycles. The molecular formula is C21H18F3OP. The molecule has 0 fully saturated rings. The van der Waals surface area contributed by atoms with Crippen LogP contribution in [0.15, 0.2) is 84.9 Å². The van der Waals surface area contributed by atoms with Gasteiger partial charge in [0.2, 0.25) is 0 Å². The molecule has 1 unspecified atom stereocenters. The van der Waals surface area contributed by atoms with Crippen molar-refractivity contribution < 1.29 is 17.7 Å². The summed E-state index contributed by atoms with van der Waals surface area (Å²) in [5.74, 6) is 0. The highest BCUT2D eigenvalue weighted by molar-refractivity contribution is 7.79.